The summed E-state index contributed by atoms with van der Waals surface area (Å²) in [6.07, 6.45) is 0.196. The minimum atomic E-state index is -4.45. The zero-order chi connectivity index (χ0) is 18.6. The van der Waals surface area contributed by atoms with E-state index < -0.39 is 11.9 Å². The van der Waals surface area contributed by atoms with E-state index in [0.717, 1.165) is 24.0 Å². The third-order valence-corrected chi connectivity index (χ3v) is 4.55. The van der Waals surface area contributed by atoms with Crippen molar-refractivity contribution in [2.24, 2.45) is 15.9 Å². The van der Waals surface area contributed by atoms with Crippen LogP contribution in [-0.4, -0.2) is 49.1 Å². The molecule has 0 saturated heterocycles. The molecule has 0 spiro atoms. The smallest absolute Gasteiger partial charge is 0.433 e. The molecule has 0 aromatic carbocycles. The second-order valence-electron chi connectivity index (χ2n) is 6.55. The summed E-state index contributed by atoms with van der Waals surface area (Å²) in [6, 6.07) is -0.0766. The Morgan fingerprint density at radius 3 is 2.64 bits per heavy atom. The molecular formula is C18H26F3N3O. The number of allylic oxidation sites excluding steroid dienone is 3. The minimum Gasteiger partial charge on any atom is -0.478 e. The molecule has 25 heavy (non-hydrogen) atoms. The number of halogens is 3. The summed E-state index contributed by atoms with van der Waals surface area (Å²) in [5.41, 5.74) is 0.0700. The van der Waals surface area contributed by atoms with E-state index >= 15 is 0 Å². The molecule has 0 bridgehead atoms. The Morgan fingerprint density at radius 1 is 1.32 bits per heavy atom. The van der Waals surface area contributed by atoms with Crippen LogP contribution in [0.2, 0.25) is 0 Å². The molecule has 0 fully saturated rings. The van der Waals surface area contributed by atoms with Gasteiger partial charge in [0, 0.05) is 25.9 Å². The molecule has 2 rings (SSSR count). The van der Waals surface area contributed by atoms with Crippen LogP contribution in [0.4, 0.5) is 13.2 Å². The summed E-state index contributed by atoms with van der Waals surface area (Å²) in [5.74, 6) is 1.43. The number of ether oxygens (including phenoxy) is 1. The first-order valence-corrected chi connectivity index (χ1v) is 8.70. The number of aliphatic imine (C=N–C) groups is 2. The topological polar surface area (TPSA) is 37.2 Å². The number of rotatable bonds is 5. The molecule has 1 unspecified atom stereocenters. The Balaban J connectivity index is 2.13. The molecule has 0 radical (unpaired) electrons. The Morgan fingerprint density at radius 2 is 2.04 bits per heavy atom. The van der Waals surface area contributed by atoms with E-state index in [1.807, 2.05) is 6.92 Å². The van der Waals surface area contributed by atoms with Crippen molar-refractivity contribution in [3.8, 4) is 0 Å². The zero-order valence-corrected chi connectivity index (χ0v) is 15.2. The van der Waals surface area contributed by atoms with Crippen LogP contribution in [0.1, 0.15) is 40.0 Å². The summed E-state index contributed by atoms with van der Waals surface area (Å²) < 4.78 is 45.0. The van der Waals surface area contributed by atoms with Crippen molar-refractivity contribution in [1.82, 2.24) is 4.90 Å². The first-order chi connectivity index (χ1) is 11.7. The Labute approximate surface area is 147 Å². The minimum absolute atomic E-state index is 0.0766. The van der Waals surface area contributed by atoms with E-state index in [4.69, 9.17) is 4.74 Å². The van der Waals surface area contributed by atoms with E-state index in [2.05, 4.69) is 23.8 Å². The standard InChI is InChI=1S/C18H26F3N3O/c1-5-12(3)17-22-14(11-25-17)10-24(4)16-9-13(6-2)7-8-15(23-16)18(19,20)21/h7-8,12,14H,5-6,9-11H2,1-4H3/t12?,14-/m0/s1. The largest absolute Gasteiger partial charge is 0.478 e. The Kier molecular flexibility index (Phi) is 6.30. The zero-order valence-electron chi connectivity index (χ0n) is 15.2. The average Bonchev–Trinajstić information content (AvgIpc) is 2.89. The van der Waals surface area contributed by atoms with Crippen molar-refractivity contribution in [2.75, 3.05) is 20.2 Å². The van der Waals surface area contributed by atoms with Gasteiger partial charge >= 0.3 is 6.18 Å². The number of hydrogen-bond acceptors (Lipinski definition) is 4. The van der Waals surface area contributed by atoms with Gasteiger partial charge in [0.05, 0.1) is 0 Å². The Hall–Kier alpha value is -1.79. The van der Waals surface area contributed by atoms with Gasteiger partial charge in [-0.05, 0) is 18.9 Å². The van der Waals surface area contributed by atoms with Crippen molar-refractivity contribution < 1.29 is 17.9 Å². The van der Waals surface area contributed by atoms with Crippen molar-refractivity contribution in [3.05, 3.63) is 23.4 Å². The summed E-state index contributed by atoms with van der Waals surface area (Å²) in [6.45, 7) is 7.01. The van der Waals surface area contributed by atoms with E-state index in [-0.39, 0.29) is 12.0 Å². The summed E-state index contributed by atoms with van der Waals surface area (Å²) >= 11 is 0. The van der Waals surface area contributed by atoms with E-state index in [1.165, 1.54) is 6.08 Å². The second kappa shape index (κ2) is 8.06. The summed E-state index contributed by atoms with van der Waals surface area (Å²) in [5, 5.41) is 0. The maximum absolute atomic E-state index is 13.1. The van der Waals surface area contributed by atoms with Crippen molar-refractivity contribution in [3.63, 3.8) is 0 Å². The quantitative estimate of drug-likeness (QED) is 0.734. The maximum atomic E-state index is 13.1. The summed E-state index contributed by atoms with van der Waals surface area (Å²) in [7, 11) is 1.77. The van der Waals surface area contributed by atoms with Crippen LogP contribution in [-0.2, 0) is 4.74 Å². The van der Waals surface area contributed by atoms with Crippen LogP contribution >= 0.6 is 0 Å². The van der Waals surface area contributed by atoms with E-state index in [1.54, 1.807) is 11.9 Å². The molecular weight excluding hydrogens is 331 g/mol. The Bertz CT molecular complexity index is 605. The van der Waals surface area contributed by atoms with Gasteiger partial charge in [0.15, 0.2) is 5.90 Å². The number of hydrogen-bond donors (Lipinski definition) is 0. The normalized spacial score (nSPS) is 22.3. The van der Waals surface area contributed by atoms with Crippen molar-refractivity contribution in [1.29, 1.82) is 0 Å². The molecule has 2 aliphatic heterocycles. The highest BCUT2D eigenvalue weighted by molar-refractivity contribution is 5.86. The van der Waals surface area contributed by atoms with Crippen molar-refractivity contribution in [2.45, 2.75) is 52.3 Å². The molecule has 0 aromatic heterocycles. The lowest BCUT2D eigenvalue weighted by molar-refractivity contribution is -0.0923. The van der Waals surface area contributed by atoms with Crippen LogP contribution in [0, 0.1) is 5.92 Å². The van der Waals surface area contributed by atoms with Crippen LogP contribution in [0.25, 0.3) is 0 Å². The molecule has 0 aliphatic carbocycles. The molecule has 140 valence electrons. The monoisotopic (exact) mass is 357 g/mol. The van der Waals surface area contributed by atoms with Crippen molar-refractivity contribution >= 4 is 11.7 Å². The second-order valence-corrected chi connectivity index (χ2v) is 6.55. The van der Waals surface area contributed by atoms with Gasteiger partial charge in [0.25, 0.3) is 0 Å². The lowest BCUT2D eigenvalue weighted by Gasteiger charge is -2.23. The van der Waals surface area contributed by atoms with Gasteiger partial charge in [-0.2, -0.15) is 13.2 Å². The molecule has 0 amide bonds. The molecule has 0 aromatic rings. The summed E-state index contributed by atoms with van der Waals surface area (Å²) in [4.78, 5) is 10.2. The van der Waals surface area contributed by atoms with Gasteiger partial charge in [-0.15, -0.1) is 0 Å². The van der Waals surface area contributed by atoms with E-state index in [0.29, 0.717) is 31.8 Å². The van der Waals surface area contributed by atoms with Gasteiger partial charge in [0.2, 0.25) is 0 Å². The lowest BCUT2D eigenvalue weighted by atomic mass is 10.1. The maximum Gasteiger partial charge on any atom is 0.433 e. The third-order valence-electron chi connectivity index (χ3n) is 4.55. The fourth-order valence-electron chi connectivity index (χ4n) is 2.69. The number of amidine groups is 1. The molecule has 2 heterocycles. The fourth-order valence-corrected chi connectivity index (χ4v) is 2.69. The highest BCUT2D eigenvalue weighted by Gasteiger charge is 2.35. The highest BCUT2D eigenvalue weighted by atomic mass is 19.4. The molecule has 2 atom stereocenters. The number of likely N-dealkylation sites (N-methyl/N-ethyl adjacent to an activating group) is 1. The molecule has 7 heteroatoms. The predicted octanol–water partition coefficient (Wildman–Crippen LogP) is 4.35. The molecule has 4 nitrogen and oxygen atoms in total. The highest BCUT2D eigenvalue weighted by Crippen LogP contribution is 2.30. The van der Waals surface area contributed by atoms with Gasteiger partial charge in [-0.3, -0.25) is 0 Å². The van der Waals surface area contributed by atoms with Gasteiger partial charge in [0.1, 0.15) is 24.2 Å². The van der Waals surface area contributed by atoms with Gasteiger partial charge in [-0.1, -0.05) is 32.4 Å². The molecule has 2 aliphatic rings. The van der Waals surface area contributed by atoms with E-state index in [9.17, 15) is 13.2 Å². The fraction of sp³-hybridized carbons (Fsp3) is 0.667. The first-order valence-electron chi connectivity index (χ1n) is 8.70. The first kappa shape index (κ1) is 19.5. The number of nitrogens with zero attached hydrogens (tertiary/aromatic N) is 3. The third kappa shape index (κ3) is 5.09. The van der Waals surface area contributed by atoms with Crippen LogP contribution in [0.15, 0.2) is 33.4 Å². The number of alkyl halides is 3. The predicted molar refractivity (Wildman–Crippen MR) is 93.8 cm³/mol. The van der Waals surface area contributed by atoms with Gasteiger partial charge < -0.3 is 9.64 Å². The van der Waals surface area contributed by atoms with Crippen LogP contribution in [0.5, 0.6) is 0 Å². The lowest BCUT2D eigenvalue weighted by Crippen LogP contribution is -2.35. The molecule has 0 N–H and O–H groups in total. The molecule has 0 saturated carbocycles. The van der Waals surface area contributed by atoms with Gasteiger partial charge in [-0.25, -0.2) is 9.98 Å². The SMILES string of the molecule is CCC1=CC=C(C(F)(F)F)N=C(N(C)C[C@H]2COC(C(C)CC)=N2)C1. The average molecular weight is 357 g/mol. The van der Waals surface area contributed by atoms with Crippen LogP contribution < -0.4 is 0 Å². The van der Waals surface area contributed by atoms with Crippen LogP contribution in [0.3, 0.4) is 0 Å².